The fourth-order valence-electron chi connectivity index (χ4n) is 3.85. The molecular weight excluding hydrogens is 358 g/mol. The monoisotopic (exact) mass is 387 g/mol. The van der Waals surface area contributed by atoms with Crippen LogP contribution in [0.2, 0.25) is 0 Å². The Labute approximate surface area is 165 Å². The molecule has 146 valence electrons. The van der Waals surface area contributed by atoms with Crippen LogP contribution in [0.1, 0.15) is 30.0 Å². The number of carbonyl (C=O) groups excluding carboxylic acids is 1. The number of urea groups is 1. The average molecular weight is 388 g/mol. The quantitative estimate of drug-likeness (QED) is 0.713. The maximum absolute atomic E-state index is 12.4. The number of aryl methyl sites for hydroxylation is 1. The summed E-state index contributed by atoms with van der Waals surface area (Å²) in [6, 6.07) is 7.68. The number of phenolic OH excluding ortho intramolecular Hbond substituents is 1. The Hall–Kier alpha value is -2.05. The van der Waals surface area contributed by atoms with Crippen LogP contribution >= 0.6 is 11.3 Å². The van der Waals surface area contributed by atoms with Gasteiger partial charge in [0.05, 0.1) is 0 Å². The van der Waals surface area contributed by atoms with E-state index >= 15 is 0 Å². The van der Waals surface area contributed by atoms with E-state index in [-0.39, 0.29) is 17.6 Å². The highest BCUT2D eigenvalue weighted by Crippen LogP contribution is 2.33. The lowest BCUT2D eigenvalue weighted by molar-refractivity contribution is 0.129. The van der Waals surface area contributed by atoms with E-state index in [1.54, 1.807) is 17.4 Å². The number of nitrogens with zero attached hydrogens (tertiary/aromatic N) is 1. The second-order valence-electron chi connectivity index (χ2n) is 7.81. The van der Waals surface area contributed by atoms with E-state index in [0.717, 1.165) is 25.7 Å². The molecule has 2 aromatic rings. The van der Waals surface area contributed by atoms with E-state index in [9.17, 15) is 9.90 Å². The molecule has 0 aliphatic heterocycles. The normalized spacial score (nSPS) is 20.1. The SMILES string of the molecule is C[C@@H](Cc1ccsc1)NC(=O)NC[C@]1(N(C)C)CCc2cc(O)ccc2C1. The number of phenols is 1. The minimum absolute atomic E-state index is 0.0879. The molecule has 2 amide bonds. The summed E-state index contributed by atoms with van der Waals surface area (Å²) >= 11 is 1.68. The van der Waals surface area contributed by atoms with E-state index in [0.29, 0.717) is 12.3 Å². The van der Waals surface area contributed by atoms with Gasteiger partial charge in [-0.25, -0.2) is 4.79 Å². The lowest BCUT2D eigenvalue weighted by atomic mass is 9.77. The zero-order valence-corrected chi connectivity index (χ0v) is 17.1. The number of carbonyl (C=O) groups is 1. The van der Waals surface area contributed by atoms with Gasteiger partial charge in [0.15, 0.2) is 0 Å². The smallest absolute Gasteiger partial charge is 0.315 e. The number of fused-ring (bicyclic) bond motifs is 1. The molecule has 0 bridgehead atoms. The van der Waals surface area contributed by atoms with Gasteiger partial charge in [-0.1, -0.05) is 6.07 Å². The van der Waals surface area contributed by atoms with E-state index in [2.05, 4.69) is 46.5 Å². The average Bonchev–Trinajstić information content (AvgIpc) is 3.12. The van der Waals surface area contributed by atoms with Gasteiger partial charge >= 0.3 is 6.03 Å². The molecule has 0 unspecified atom stereocenters. The molecule has 3 N–H and O–H groups in total. The molecule has 1 aromatic carbocycles. The number of amides is 2. The first-order valence-corrected chi connectivity index (χ1v) is 10.4. The van der Waals surface area contributed by atoms with Crippen LogP contribution in [0.4, 0.5) is 4.79 Å². The molecule has 1 aliphatic carbocycles. The van der Waals surface area contributed by atoms with Crippen LogP contribution in [0.5, 0.6) is 5.75 Å². The fourth-order valence-corrected chi connectivity index (χ4v) is 4.53. The minimum atomic E-state index is -0.115. The number of benzene rings is 1. The first-order valence-electron chi connectivity index (χ1n) is 9.42. The molecule has 1 aliphatic rings. The molecule has 3 rings (SSSR count). The van der Waals surface area contributed by atoms with Crippen molar-refractivity contribution in [3.05, 3.63) is 51.7 Å². The maximum Gasteiger partial charge on any atom is 0.315 e. The number of thiophene rings is 1. The molecule has 0 fully saturated rings. The van der Waals surface area contributed by atoms with Gasteiger partial charge in [-0.3, -0.25) is 0 Å². The number of nitrogens with one attached hydrogen (secondary N) is 2. The highest BCUT2D eigenvalue weighted by atomic mass is 32.1. The van der Waals surface area contributed by atoms with E-state index < -0.39 is 0 Å². The van der Waals surface area contributed by atoms with Crippen LogP contribution in [-0.4, -0.2) is 48.3 Å². The third-order valence-corrected chi connectivity index (χ3v) is 6.33. The Balaban J connectivity index is 1.58. The Morgan fingerprint density at radius 1 is 1.33 bits per heavy atom. The number of likely N-dealkylation sites (N-methyl/N-ethyl adjacent to an activating group) is 1. The molecule has 6 heteroatoms. The molecule has 0 saturated carbocycles. The van der Waals surface area contributed by atoms with Gasteiger partial charge < -0.3 is 20.6 Å². The summed E-state index contributed by atoms with van der Waals surface area (Å²) in [6.07, 6.45) is 3.55. The first kappa shape index (κ1) is 19.7. The molecular formula is C21H29N3O2S. The zero-order valence-electron chi connectivity index (χ0n) is 16.3. The summed E-state index contributed by atoms with van der Waals surface area (Å²) in [6.45, 7) is 2.62. The largest absolute Gasteiger partial charge is 0.508 e. The van der Waals surface area contributed by atoms with Crippen LogP contribution < -0.4 is 10.6 Å². The molecule has 0 spiro atoms. The molecule has 0 saturated heterocycles. The highest BCUT2D eigenvalue weighted by molar-refractivity contribution is 7.07. The van der Waals surface area contributed by atoms with Crippen molar-refractivity contribution in [1.82, 2.24) is 15.5 Å². The summed E-state index contributed by atoms with van der Waals surface area (Å²) in [4.78, 5) is 14.6. The summed E-state index contributed by atoms with van der Waals surface area (Å²) in [5.74, 6) is 0.322. The lowest BCUT2D eigenvalue weighted by Gasteiger charge is -2.43. The third-order valence-electron chi connectivity index (χ3n) is 5.60. The molecule has 1 aromatic heterocycles. The Morgan fingerprint density at radius 3 is 2.85 bits per heavy atom. The van der Waals surface area contributed by atoms with Gasteiger partial charge in [0.1, 0.15) is 5.75 Å². The van der Waals surface area contributed by atoms with Crippen molar-refractivity contribution < 1.29 is 9.90 Å². The molecule has 0 radical (unpaired) electrons. The van der Waals surface area contributed by atoms with Crippen LogP contribution in [0.25, 0.3) is 0 Å². The summed E-state index contributed by atoms with van der Waals surface area (Å²) in [7, 11) is 4.15. The standard InChI is InChI=1S/C21H29N3O2S/c1-15(10-16-7-9-27-13-16)23-20(26)22-14-21(24(2)3)8-6-17-11-19(25)5-4-18(17)12-21/h4-5,7,9,11,13,15,25H,6,8,10,12,14H2,1-3H3,(H2,22,23,26)/t15-,21-/m0/s1. The summed E-state index contributed by atoms with van der Waals surface area (Å²) in [5.41, 5.74) is 3.60. The fraction of sp³-hybridized carbons (Fsp3) is 0.476. The predicted molar refractivity (Wildman–Crippen MR) is 111 cm³/mol. The van der Waals surface area contributed by atoms with Crippen molar-refractivity contribution in [3.63, 3.8) is 0 Å². The van der Waals surface area contributed by atoms with Crippen LogP contribution in [0.3, 0.4) is 0 Å². The molecule has 27 heavy (non-hydrogen) atoms. The molecule has 1 heterocycles. The number of aromatic hydroxyl groups is 1. The summed E-state index contributed by atoms with van der Waals surface area (Å²) in [5, 5.41) is 20.0. The predicted octanol–water partition coefficient (Wildman–Crippen LogP) is 3.17. The van der Waals surface area contributed by atoms with Gasteiger partial charge in [-0.15, -0.1) is 0 Å². The van der Waals surface area contributed by atoms with E-state index in [1.165, 1.54) is 16.7 Å². The second kappa shape index (κ2) is 8.31. The lowest BCUT2D eigenvalue weighted by Crippen LogP contribution is -2.57. The van der Waals surface area contributed by atoms with Crippen LogP contribution in [0, 0.1) is 0 Å². The topological polar surface area (TPSA) is 64.6 Å². The van der Waals surface area contributed by atoms with Crippen molar-refractivity contribution in [2.75, 3.05) is 20.6 Å². The first-order chi connectivity index (χ1) is 12.9. The summed E-state index contributed by atoms with van der Waals surface area (Å²) < 4.78 is 0. The second-order valence-corrected chi connectivity index (χ2v) is 8.59. The van der Waals surface area contributed by atoms with Crippen molar-refractivity contribution >= 4 is 17.4 Å². The van der Waals surface area contributed by atoms with Gasteiger partial charge in [0.25, 0.3) is 0 Å². The minimum Gasteiger partial charge on any atom is -0.508 e. The van der Waals surface area contributed by atoms with Gasteiger partial charge in [0.2, 0.25) is 0 Å². The van der Waals surface area contributed by atoms with E-state index in [4.69, 9.17) is 0 Å². The highest BCUT2D eigenvalue weighted by Gasteiger charge is 2.37. The van der Waals surface area contributed by atoms with Crippen LogP contribution in [0.15, 0.2) is 35.0 Å². The van der Waals surface area contributed by atoms with Crippen molar-refractivity contribution in [3.8, 4) is 5.75 Å². The maximum atomic E-state index is 12.4. The number of hydrogen-bond donors (Lipinski definition) is 3. The van der Waals surface area contributed by atoms with Gasteiger partial charge in [-0.05, 0) is 92.4 Å². The van der Waals surface area contributed by atoms with Crippen molar-refractivity contribution in [1.29, 1.82) is 0 Å². The van der Waals surface area contributed by atoms with Gasteiger partial charge in [0, 0.05) is 18.1 Å². The zero-order chi connectivity index (χ0) is 19.4. The Bertz CT molecular complexity index is 776. The Morgan fingerprint density at radius 2 is 2.15 bits per heavy atom. The number of rotatable bonds is 6. The van der Waals surface area contributed by atoms with Gasteiger partial charge in [-0.2, -0.15) is 11.3 Å². The Kier molecular flexibility index (Phi) is 6.07. The van der Waals surface area contributed by atoms with Crippen molar-refractivity contribution in [2.24, 2.45) is 0 Å². The third kappa shape index (κ3) is 4.82. The van der Waals surface area contributed by atoms with Crippen LogP contribution in [-0.2, 0) is 19.3 Å². The van der Waals surface area contributed by atoms with E-state index in [1.807, 2.05) is 19.1 Å². The molecule has 2 atom stereocenters. The number of hydrogen-bond acceptors (Lipinski definition) is 4. The molecule has 5 nitrogen and oxygen atoms in total. The van der Waals surface area contributed by atoms with Crippen molar-refractivity contribution in [2.45, 2.75) is 44.2 Å².